The molecule has 1 aliphatic rings. The van der Waals surface area contributed by atoms with Crippen LogP contribution in [0.3, 0.4) is 0 Å². The molecule has 1 rings (SSSR count). The number of allylic oxidation sites excluding steroid dienone is 3. The highest BCUT2D eigenvalue weighted by Gasteiger charge is 2.06. The van der Waals surface area contributed by atoms with Crippen molar-refractivity contribution in [2.75, 3.05) is 13.6 Å². The molecule has 0 aromatic rings. The van der Waals surface area contributed by atoms with Crippen LogP contribution in [0.2, 0.25) is 0 Å². The zero-order chi connectivity index (χ0) is 8.27. The first-order valence-corrected chi connectivity index (χ1v) is 4.27. The van der Waals surface area contributed by atoms with Gasteiger partial charge in [-0.05, 0) is 18.4 Å². The Bertz CT molecular complexity index is 177. The minimum absolute atomic E-state index is 0.759. The molecule has 1 nitrogen and oxygen atoms in total. The van der Waals surface area contributed by atoms with E-state index in [1.165, 1.54) is 12.1 Å². The Morgan fingerprint density at radius 1 is 1.55 bits per heavy atom. The monoisotopic (exact) mass is 151 g/mol. The summed E-state index contributed by atoms with van der Waals surface area (Å²) < 4.78 is 0. The molecule has 0 amide bonds. The molecule has 0 bridgehead atoms. The van der Waals surface area contributed by atoms with Gasteiger partial charge in [-0.1, -0.05) is 26.0 Å². The molecular weight excluding hydrogens is 134 g/mol. The first-order valence-electron chi connectivity index (χ1n) is 4.27. The van der Waals surface area contributed by atoms with Gasteiger partial charge in [0.15, 0.2) is 0 Å². The standard InChI is InChI=1S/C10H17N/c1-9(2)8-10-6-4-5-7-11(10)3/h4-6,9H,7-8H2,1-3H3. The van der Waals surface area contributed by atoms with Crippen LogP contribution < -0.4 is 0 Å². The molecule has 1 heterocycles. The largest absolute Gasteiger partial charge is 0.374 e. The van der Waals surface area contributed by atoms with Gasteiger partial charge in [-0.3, -0.25) is 0 Å². The van der Waals surface area contributed by atoms with Crippen LogP contribution in [0.1, 0.15) is 20.3 Å². The van der Waals surface area contributed by atoms with E-state index in [4.69, 9.17) is 0 Å². The number of hydrogen-bond acceptors (Lipinski definition) is 1. The van der Waals surface area contributed by atoms with Crippen LogP contribution in [0.4, 0.5) is 0 Å². The molecule has 0 saturated heterocycles. The van der Waals surface area contributed by atoms with E-state index in [2.05, 4.69) is 44.0 Å². The molecule has 0 aromatic carbocycles. The van der Waals surface area contributed by atoms with Crippen molar-refractivity contribution in [3.05, 3.63) is 23.9 Å². The lowest BCUT2D eigenvalue weighted by Gasteiger charge is -2.24. The molecule has 0 radical (unpaired) electrons. The van der Waals surface area contributed by atoms with Crippen molar-refractivity contribution in [2.45, 2.75) is 20.3 Å². The summed E-state index contributed by atoms with van der Waals surface area (Å²) in [7, 11) is 2.15. The summed E-state index contributed by atoms with van der Waals surface area (Å²) in [5.41, 5.74) is 1.46. The van der Waals surface area contributed by atoms with Gasteiger partial charge in [0.1, 0.15) is 0 Å². The van der Waals surface area contributed by atoms with Crippen molar-refractivity contribution in [1.82, 2.24) is 4.90 Å². The lowest BCUT2D eigenvalue weighted by atomic mass is 10.1. The molecule has 0 unspecified atom stereocenters. The summed E-state index contributed by atoms with van der Waals surface area (Å²) in [5, 5.41) is 0. The van der Waals surface area contributed by atoms with Gasteiger partial charge < -0.3 is 4.90 Å². The van der Waals surface area contributed by atoms with E-state index < -0.39 is 0 Å². The van der Waals surface area contributed by atoms with Gasteiger partial charge in [-0.2, -0.15) is 0 Å². The summed E-state index contributed by atoms with van der Waals surface area (Å²) in [4.78, 5) is 2.31. The number of hydrogen-bond donors (Lipinski definition) is 0. The maximum absolute atomic E-state index is 2.31. The molecule has 62 valence electrons. The summed E-state index contributed by atoms with van der Waals surface area (Å²) in [6.07, 6.45) is 7.74. The normalized spacial score (nSPS) is 17.5. The van der Waals surface area contributed by atoms with E-state index in [1.807, 2.05) is 0 Å². The van der Waals surface area contributed by atoms with Crippen molar-refractivity contribution in [3.63, 3.8) is 0 Å². The summed E-state index contributed by atoms with van der Waals surface area (Å²) in [6, 6.07) is 0. The van der Waals surface area contributed by atoms with Crippen molar-refractivity contribution in [2.24, 2.45) is 5.92 Å². The predicted molar refractivity (Wildman–Crippen MR) is 49.3 cm³/mol. The fraction of sp³-hybridized carbons (Fsp3) is 0.600. The van der Waals surface area contributed by atoms with E-state index in [-0.39, 0.29) is 0 Å². The van der Waals surface area contributed by atoms with Gasteiger partial charge in [0, 0.05) is 19.3 Å². The Balaban J connectivity index is 2.54. The second-order valence-electron chi connectivity index (χ2n) is 3.56. The quantitative estimate of drug-likeness (QED) is 0.586. The molecule has 0 atom stereocenters. The van der Waals surface area contributed by atoms with Gasteiger partial charge in [-0.15, -0.1) is 0 Å². The average Bonchev–Trinajstić information content (AvgIpc) is 1.93. The number of rotatable bonds is 2. The fourth-order valence-corrected chi connectivity index (χ4v) is 1.28. The highest BCUT2D eigenvalue weighted by molar-refractivity contribution is 5.17. The van der Waals surface area contributed by atoms with Crippen LogP contribution in [-0.2, 0) is 0 Å². The summed E-state index contributed by atoms with van der Waals surface area (Å²) >= 11 is 0. The lowest BCUT2D eigenvalue weighted by Crippen LogP contribution is -2.20. The van der Waals surface area contributed by atoms with Crippen molar-refractivity contribution in [1.29, 1.82) is 0 Å². The van der Waals surface area contributed by atoms with Crippen molar-refractivity contribution in [3.8, 4) is 0 Å². The zero-order valence-electron chi connectivity index (χ0n) is 7.67. The minimum atomic E-state index is 0.759. The second kappa shape index (κ2) is 3.61. The molecule has 0 saturated carbocycles. The fourth-order valence-electron chi connectivity index (χ4n) is 1.28. The maximum atomic E-state index is 2.31. The second-order valence-corrected chi connectivity index (χ2v) is 3.56. The highest BCUT2D eigenvalue weighted by Crippen LogP contribution is 2.16. The number of nitrogens with zero attached hydrogens (tertiary/aromatic N) is 1. The van der Waals surface area contributed by atoms with Crippen LogP contribution in [0, 0.1) is 5.92 Å². The Morgan fingerprint density at radius 2 is 2.27 bits per heavy atom. The first-order chi connectivity index (χ1) is 5.20. The van der Waals surface area contributed by atoms with Crippen molar-refractivity contribution >= 4 is 0 Å². The number of likely N-dealkylation sites (N-methyl/N-ethyl adjacent to an activating group) is 1. The van der Waals surface area contributed by atoms with Crippen LogP contribution in [0.5, 0.6) is 0 Å². The van der Waals surface area contributed by atoms with Crippen molar-refractivity contribution < 1.29 is 0 Å². The van der Waals surface area contributed by atoms with Gasteiger partial charge in [0.2, 0.25) is 0 Å². The van der Waals surface area contributed by atoms with E-state index in [0.29, 0.717) is 0 Å². The van der Waals surface area contributed by atoms with Gasteiger partial charge in [0.05, 0.1) is 0 Å². The van der Waals surface area contributed by atoms with E-state index >= 15 is 0 Å². The highest BCUT2D eigenvalue weighted by atomic mass is 15.1. The molecule has 0 N–H and O–H groups in total. The molecule has 0 aromatic heterocycles. The van der Waals surface area contributed by atoms with Gasteiger partial charge >= 0.3 is 0 Å². The third-order valence-electron chi connectivity index (χ3n) is 1.91. The Hall–Kier alpha value is -0.720. The molecule has 0 aliphatic carbocycles. The third kappa shape index (κ3) is 2.41. The molecule has 0 fully saturated rings. The summed E-state index contributed by atoms with van der Waals surface area (Å²) in [6.45, 7) is 5.58. The van der Waals surface area contributed by atoms with Crippen LogP contribution in [0.25, 0.3) is 0 Å². The van der Waals surface area contributed by atoms with E-state index in [1.54, 1.807) is 0 Å². The van der Waals surface area contributed by atoms with Crippen LogP contribution in [-0.4, -0.2) is 18.5 Å². The van der Waals surface area contributed by atoms with Crippen LogP contribution in [0.15, 0.2) is 23.9 Å². The minimum Gasteiger partial charge on any atom is -0.374 e. The van der Waals surface area contributed by atoms with Gasteiger partial charge in [0.25, 0.3) is 0 Å². The Kier molecular flexibility index (Phi) is 2.75. The topological polar surface area (TPSA) is 3.24 Å². The SMILES string of the molecule is CC(C)CC1=CC=CCN1C. The third-order valence-corrected chi connectivity index (χ3v) is 1.91. The lowest BCUT2D eigenvalue weighted by molar-refractivity contribution is 0.414. The molecule has 1 aliphatic heterocycles. The van der Waals surface area contributed by atoms with Gasteiger partial charge in [-0.25, -0.2) is 0 Å². The average molecular weight is 151 g/mol. The molecule has 0 spiro atoms. The first kappa shape index (κ1) is 8.38. The zero-order valence-corrected chi connectivity index (χ0v) is 7.67. The maximum Gasteiger partial charge on any atom is 0.0356 e. The van der Waals surface area contributed by atoms with Crippen LogP contribution >= 0.6 is 0 Å². The Labute approximate surface area is 69.4 Å². The molecule has 1 heteroatoms. The smallest absolute Gasteiger partial charge is 0.0356 e. The predicted octanol–water partition coefficient (Wildman–Crippen LogP) is 2.42. The van der Waals surface area contributed by atoms with E-state index in [0.717, 1.165) is 12.5 Å². The van der Waals surface area contributed by atoms with E-state index in [9.17, 15) is 0 Å². The molecule has 11 heavy (non-hydrogen) atoms. The molecular formula is C10H17N. The summed E-state index contributed by atoms with van der Waals surface area (Å²) in [5.74, 6) is 0.759. The Morgan fingerprint density at radius 3 is 2.82 bits per heavy atom.